The van der Waals surface area contributed by atoms with Gasteiger partial charge in [-0.2, -0.15) is 5.10 Å². The van der Waals surface area contributed by atoms with Gasteiger partial charge in [0.15, 0.2) is 0 Å². The van der Waals surface area contributed by atoms with Gasteiger partial charge in [0.2, 0.25) is 5.88 Å². The van der Waals surface area contributed by atoms with E-state index in [0.29, 0.717) is 18.9 Å². The summed E-state index contributed by atoms with van der Waals surface area (Å²) < 4.78 is 12.8. The molecule has 154 valence electrons. The van der Waals surface area contributed by atoms with Crippen molar-refractivity contribution in [3.63, 3.8) is 0 Å². The highest BCUT2D eigenvalue weighted by molar-refractivity contribution is 5.84. The highest BCUT2D eigenvalue weighted by Gasteiger charge is 2.19. The Labute approximate surface area is 170 Å². The lowest BCUT2D eigenvalue weighted by Gasteiger charge is -2.17. The number of pyridine rings is 1. The van der Waals surface area contributed by atoms with Crippen LogP contribution in [0.4, 0.5) is 0 Å². The zero-order valence-corrected chi connectivity index (χ0v) is 17.1. The number of hydrogen-bond donors (Lipinski definition) is 1. The number of nitrogens with zero attached hydrogens (tertiary/aromatic N) is 3. The molecular formula is C22H27N3O4. The quantitative estimate of drug-likeness (QED) is 0.522. The average molecular weight is 397 g/mol. The van der Waals surface area contributed by atoms with E-state index in [0.717, 1.165) is 52.9 Å². The van der Waals surface area contributed by atoms with E-state index in [1.54, 1.807) is 20.4 Å². The summed E-state index contributed by atoms with van der Waals surface area (Å²) in [7, 11) is 3.26. The van der Waals surface area contributed by atoms with Crippen molar-refractivity contribution in [3.05, 3.63) is 47.4 Å². The predicted octanol–water partition coefficient (Wildman–Crippen LogP) is 3.91. The van der Waals surface area contributed by atoms with Gasteiger partial charge in [0.1, 0.15) is 0 Å². The van der Waals surface area contributed by atoms with Gasteiger partial charge in [0.25, 0.3) is 0 Å². The van der Waals surface area contributed by atoms with Crippen LogP contribution >= 0.6 is 0 Å². The van der Waals surface area contributed by atoms with Gasteiger partial charge in [0, 0.05) is 37.1 Å². The van der Waals surface area contributed by atoms with Gasteiger partial charge in [-0.1, -0.05) is 6.92 Å². The molecule has 0 spiro atoms. The highest BCUT2D eigenvalue weighted by atomic mass is 16.5. The van der Waals surface area contributed by atoms with Crippen molar-refractivity contribution in [1.29, 1.82) is 0 Å². The van der Waals surface area contributed by atoms with Crippen molar-refractivity contribution >= 4 is 11.5 Å². The Bertz CT molecular complexity index is 997. The minimum Gasteiger partial charge on any atom is -0.481 e. The van der Waals surface area contributed by atoms with Gasteiger partial charge in [-0.25, -0.2) is 9.50 Å². The van der Waals surface area contributed by atoms with Crippen LogP contribution < -0.4 is 4.74 Å². The number of fused-ring (bicyclic) bond motifs is 1. The second-order valence-electron chi connectivity index (χ2n) is 6.90. The van der Waals surface area contributed by atoms with E-state index < -0.39 is 5.97 Å². The summed E-state index contributed by atoms with van der Waals surface area (Å²) in [6.45, 7) is 2.50. The Hall–Kier alpha value is -2.93. The zero-order valence-electron chi connectivity index (χ0n) is 17.1. The molecule has 0 aliphatic heterocycles. The van der Waals surface area contributed by atoms with E-state index in [-0.39, 0.29) is 6.42 Å². The third-order valence-electron chi connectivity index (χ3n) is 5.00. The maximum absolute atomic E-state index is 10.9. The van der Waals surface area contributed by atoms with Crippen LogP contribution in [0.3, 0.4) is 0 Å². The monoisotopic (exact) mass is 397 g/mol. The zero-order chi connectivity index (χ0) is 20.8. The molecule has 1 N–H and O–H groups in total. The first-order valence-corrected chi connectivity index (χ1v) is 9.82. The van der Waals surface area contributed by atoms with Crippen LogP contribution in [0.2, 0.25) is 0 Å². The molecule has 0 aliphatic rings. The Kier molecular flexibility index (Phi) is 6.82. The second-order valence-corrected chi connectivity index (χ2v) is 6.90. The van der Waals surface area contributed by atoms with E-state index in [2.05, 4.69) is 24.0 Å². The summed E-state index contributed by atoms with van der Waals surface area (Å²) in [6.07, 6.45) is 4.87. The third-order valence-corrected chi connectivity index (χ3v) is 5.00. The molecule has 0 saturated heterocycles. The van der Waals surface area contributed by atoms with Crippen LogP contribution in [0.15, 0.2) is 30.5 Å². The van der Waals surface area contributed by atoms with Gasteiger partial charge in [-0.05, 0) is 55.0 Å². The first kappa shape index (κ1) is 20.8. The molecule has 0 atom stereocenters. The smallest absolute Gasteiger partial charge is 0.303 e. The summed E-state index contributed by atoms with van der Waals surface area (Å²) in [5, 5.41) is 13.8. The number of hydrogen-bond acceptors (Lipinski definition) is 5. The van der Waals surface area contributed by atoms with Crippen molar-refractivity contribution in [1.82, 2.24) is 14.6 Å². The number of ether oxygens (including phenoxy) is 2. The summed E-state index contributed by atoms with van der Waals surface area (Å²) >= 11 is 0. The minimum absolute atomic E-state index is 0.165. The number of methoxy groups -OCH3 is 2. The average Bonchev–Trinajstić information content (AvgIpc) is 3.13. The molecule has 0 unspecified atom stereocenters. The Morgan fingerprint density at radius 3 is 2.72 bits per heavy atom. The van der Waals surface area contributed by atoms with Gasteiger partial charge >= 0.3 is 5.97 Å². The normalized spacial score (nSPS) is 11.1. The molecule has 3 rings (SSSR count). The predicted molar refractivity (Wildman–Crippen MR) is 110 cm³/mol. The largest absolute Gasteiger partial charge is 0.481 e. The summed E-state index contributed by atoms with van der Waals surface area (Å²) in [5.74, 6) is -0.223. The maximum atomic E-state index is 10.9. The SMILES string of the molecule is CCc1ccc2c(-c3ccnc(OC)c3)c(CCCCC(=O)O)c(COC)nn12. The van der Waals surface area contributed by atoms with Gasteiger partial charge < -0.3 is 14.6 Å². The molecule has 0 bridgehead atoms. The molecule has 0 radical (unpaired) electrons. The lowest BCUT2D eigenvalue weighted by atomic mass is 9.95. The fourth-order valence-electron chi connectivity index (χ4n) is 3.62. The van der Waals surface area contributed by atoms with Crippen LogP contribution in [0.25, 0.3) is 16.6 Å². The number of carbonyl (C=O) groups is 1. The van der Waals surface area contributed by atoms with Crippen molar-refractivity contribution in [2.75, 3.05) is 14.2 Å². The molecule has 29 heavy (non-hydrogen) atoms. The molecule has 0 aromatic carbocycles. The molecule has 7 heteroatoms. The Morgan fingerprint density at radius 1 is 1.21 bits per heavy atom. The number of unbranched alkanes of at least 4 members (excludes halogenated alkanes) is 1. The first-order chi connectivity index (χ1) is 14.1. The standard InChI is InChI=1S/C22H27N3O4/c1-4-16-9-10-19-22(15-11-12-23-20(13-15)29-3)17(7-5-6-8-21(26)27)18(14-28-2)24-25(16)19/h9-13H,4-8,14H2,1-3H3,(H,26,27). The van der Waals surface area contributed by atoms with E-state index in [4.69, 9.17) is 19.7 Å². The molecule has 3 aromatic heterocycles. The summed E-state index contributed by atoms with van der Waals surface area (Å²) in [6, 6.07) is 8.07. The Morgan fingerprint density at radius 2 is 2.03 bits per heavy atom. The molecule has 0 saturated carbocycles. The molecule has 7 nitrogen and oxygen atoms in total. The fraction of sp³-hybridized carbons (Fsp3) is 0.409. The van der Waals surface area contributed by atoms with Gasteiger partial charge in [-0.3, -0.25) is 4.79 Å². The molecule has 0 aliphatic carbocycles. The summed E-state index contributed by atoms with van der Waals surface area (Å²) in [5.41, 5.74) is 6.16. The topological polar surface area (TPSA) is 86.0 Å². The van der Waals surface area contributed by atoms with Crippen LogP contribution in [0.1, 0.15) is 43.1 Å². The van der Waals surface area contributed by atoms with Crippen LogP contribution in [-0.4, -0.2) is 39.9 Å². The van der Waals surface area contributed by atoms with Crippen molar-refractivity contribution < 1.29 is 19.4 Å². The van der Waals surface area contributed by atoms with E-state index >= 15 is 0 Å². The highest BCUT2D eigenvalue weighted by Crippen LogP contribution is 2.34. The second kappa shape index (κ2) is 9.52. The van der Waals surface area contributed by atoms with E-state index in [1.165, 1.54) is 0 Å². The van der Waals surface area contributed by atoms with Crippen molar-refractivity contribution in [2.45, 2.75) is 45.6 Å². The van der Waals surface area contributed by atoms with Crippen LogP contribution in [-0.2, 0) is 29.0 Å². The lowest BCUT2D eigenvalue weighted by molar-refractivity contribution is -0.137. The van der Waals surface area contributed by atoms with Crippen molar-refractivity contribution in [3.8, 4) is 17.0 Å². The van der Waals surface area contributed by atoms with Crippen LogP contribution in [0.5, 0.6) is 5.88 Å². The van der Waals surface area contributed by atoms with E-state index in [9.17, 15) is 4.79 Å². The number of rotatable bonds is 10. The van der Waals surface area contributed by atoms with Crippen LogP contribution in [0, 0.1) is 0 Å². The number of aryl methyl sites for hydroxylation is 1. The molecule has 0 fully saturated rings. The van der Waals surface area contributed by atoms with E-state index in [1.807, 2.05) is 16.6 Å². The van der Waals surface area contributed by atoms with Gasteiger partial charge in [-0.15, -0.1) is 0 Å². The molecular weight excluding hydrogens is 370 g/mol. The minimum atomic E-state index is -0.769. The van der Waals surface area contributed by atoms with Crippen molar-refractivity contribution in [2.24, 2.45) is 0 Å². The molecule has 3 heterocycles. The number of aromatic nitrogens is 3. The summed E-state index contributed by atoms with van der Waals surface area (Å²) in [4.78, 5) is 15.1. The third kappa shape index (κ3) is 4.56. The lowest BCUT2D eigenvalue weighted by Crippen LogP contribution is -2.10. The number of carboxylic acid groups (broad SMARTS) is 1. The van der Waals surface area contributed by atoms with Gasteiger partial charge in [0.05, 0.1) is 24.9 Å². The number of aliphatic carboxylic acids is 1. The Balaban J connectivity index is 2.17. The fourth-order valence-corrected chi connectivity index (χ4v) is 3.62. The molecule has 0 amide bonds. The first-order valence-electron chi connectivity index (χ1n) is 9.82. The molecule has 3 aromatic rings. The maximum Gasteiger partial charge on any atom is 0.303 e. The number of carboxylic acids is 1.